The molecule has 0 saturated carbocycles. The lowest BCUT2D eigenvalue weighted by atomic mass is 9.77. The molecule has 1 aromatic heterocycles. The molecule has 6 heteroatoms. The van der Waals surface area contributed by atoms with Crippen LogP contribution in [0, 0.1) is 11.3 Å². The summed E-state index contributed by atoms with van der Waals surface area (Å²) < 4.78 is 0. The molecule has 0 unspecified atom stereocenters. The number of fused-ring (bicyclic) bond motifs is 1. The number of allylic oxidation sites excluding steroid dienone is 1. The van der Waals surface area contributed by atoms with E-state index in [2.05, 4.69) is 37.0 Å². The molecule has 2 saturated heterocycles. The van der Waals surface area contributed by atoms with E-state index in [-0.39, 0.29) is 17.2 Å². The lowest BCUT2D eigenvalue weighted by molar-refractivity contribution is -0.127. The quantitative estimate of drug-likeness (QED) is 0.815. The van der Waals surface area contributed by atoms with Crippen molar-refractivity contribution in [3.63, 3.8) is 0 Å². The number of aromatic amines is 1. The van der Waals surface area contributed by atoms with E-state index in [1.165, 1.54) is 5.57 Å². The van der Waals surface area contributed by atoms with Crippen LogP contribution in [0.3, 0.4) is 0 Å². The second-order valence-corrected chi connectivity index (χ2v) is 9.40. The van der Waals surface area contributed by atoms with Crippen LogP contribution in [-0.2, 0) is 17.6 Å². The molecule has 2 fully saturated rings. The number of hydrogen-bond acceptors (Lipinski definition) is 3. The fourth-order valence-corrected chi connectivity index (χ4v) is 4.96. The number of carbonyl (C=O) groups is 2. The van der Waals surface area contributed by atoms with Crippen molar-refractivity contribution in [1.29, 1.82) is 0 Å². The molecule has 0 radical (unpaired) electrons. The van der Waals surface area contributed by atoms with Crippen molar-refractivity contribution in [2.24, 2.45) is 11.3 Å². The molecule has 3 aliphatic rings. The van der Waals surface area contributed by atoms with Crippen LogP contribution in [-0.4, -0.2) is 58.0 Å². The van der Waals surface area contributed by atoms with Gasteiger partial charge in [-0.3, -0.25) is 14.7 Å². The predicted octanol–water partition coefficient (Wildman–Crippen LogP) is 2.96. The van der Waals surface area contributed by atoms with Gasteiger partial charge in [-0.2, -0.15) is 5.10 Å². The summed E-state index contributed by atoms with van der Waals surface area (Å²) in [5.74, 6) is 0.928. The average Bonchev–Trinajstić information content (AvgIpc) is 3.20. The summed E-state index contributed by atoms with van der Waals surface area (Å²) in [4.78, 5) is 29.5. The van der Waals surface area contributed by atoms with Gasteiger partial charge in [0, 0.05) is 49.3 Å². The number of carbonyl (C=O) groups excluding carboxylic acids is 2. The van der Waals surface area contributed by atoms with Gasteiger partial charge in [0.2, 0.25) is 5.91 Å². The van der Waals surface area contributed by atoms with E-state index in [0.717, 1.165) is 63.0 Å². The maximum Gasteiger partial charge on any atom is 0.274 e. The first-order valence-corrected chi connectivity index (χ1v) is 10.6. The Kier molecular flexibility index (Phi) is 5.06. The summed E-state index contributed by atoms with van der Waals surface area (Å²) in [7, 11) is 0. The molecule has 28 heavy (non-hydrogen) atoms. The van der Waals surface area contributed by atoms with Crippen LogP contribution in [0.15, 0.2) is 11.6 Å². The fraction of sp³-hybridized carbons (Fsp3) is 0.682. The van der Waals surface area contributed by atoms with Crippen molar-refractivity contribution in [3.8, 4) is 0 Å². The van der Waals surface area contributed by atoms with Crippen molar-refractivity contribution in [3.05, 3.63) is 28.6 Å². The van der Waals surface area contributed by atoms with Gasteiger partial charge in [-0.1, -0.05) is 18.6 Å². The molecule has 4 rings (SSSR count). The number of likely N-dealkylation sites (tertiary alicyclic amines) is 2. The standard InChI is InChI=1S/C22H32N4O2/c1-15(2)6-9-26-14-22(13-19(26)27)7-10-25(11-8-22)21(28)20-17-12-16(3)4-5-18(17)23-24-20/h6,16H,4-5,7-14H2,1-3H3,(H,23,24)/t16-/m1/s1. The van der Waals surface area contributed by atoms with E-state index < -0.39 is 0 Å². The van der Waals surface area contributed by atoms with Gasteiger partial charge in [0.05, 0.1) is 0 Å². The summed E-state index contributed by atoms with van der Waals surface area (Å²) >= 11 is 0. The lowest BCUT2D eigenvalue weighted by Crippen LogP contribution is -2.44. The number of rotatable bonds is 3. The van der Waals surface area contributed by atoms with E-state index in [4.69, 9.17) is 0 Å². The molecule has 0 bridgehead atoms. The Bertz CT molecular complexity index is 797. The molecule has 3 heterocycles. The van der Waals surface area contributed by atoms with E-state index >= 15 is 0 Å². The zero-order valence-corrected chi connectivity index (χ0v) is 17.4. The molecule has 1 spiro atoms. The number of aryl methyl sites for hydroxylation is 1. The highest BCUT2D eigenvalue weighted by Gasteiger charge is 2.45. The van der Waals surface area contributed by atoms with Crippen molar-refractivity contribution < 1.29 is 9.59 Å². The Morgan fingerprint density at radius 3 is 2.79 bits per heavy atom. The molecule has 0 aromatic carbocycles. The molecular formula is C22H32N4O2. The first-order valence-electron chi connectivity index (χ1n) is 10.6. The number of nitrogens with zero attached hydrogens (tertiary/aromatic N) is 3. The van der Waals surface area contributed by atoms with Gasteiger partial charge in [-0.05, 0) is 51.9 Å². The molecule has 2 aliphatic heterocycles. The predicted molar refractivity (Wildman–Crippen MR) is 108 cm³/mol. The SMILES string of the molecule is CC(C)=CCN1CC2(CCN(C(=O)c3n[nH]c4c3C[C@H](C)CC4)CC2)CC1=O. The normalized spacial score (nSPS) is 23.8. The number of H-pyrrole nitrogens is 1. The van der Waals surface area contributed by atoms with Crippen molar-refractivity contribution >= 4 is 11.8 Å². The van der Waals surface area contributed by atoms with Crippen molar-refractivity contribution in [2.75, 3.05) is 26.2 Å². The monoisotopic (exact) mass is 384 g/mol. The van der Waals surface area contributed by atoms with Crippen LogP contribution < -0.4 is 0 Å². The first-order chi connectivity index (χ1) is 13.4. The maximum atomic E-state index is 13.1. The summed E-state index contributed by atoms with van der Waals surface area (Å²) in [6.07, 6.45) is 7.64. The maximum absolute atomic E-state index is 13.1. The van der Waals surface area contributed by atoms with Gasteiger partial charge in [0.1, 0.15) is 0 Å². The Labute approximate surface area is 167 Å². The molecule has 1 aliphatic carbocycles. The molecule has 2 amide bonds. The van der Waals surface area contributed by atoms with Gasteiger partial charge in [-0.25, -0.2) is 0 Å². The van der Waals surface area contributed by atoms with Crippen LogP contribution in [0.1, 0.15) is 68.2 Å². The number of piperidine rings is 1. The molecule has 152 valence electrons. The molecule has 1 aromatic rings. The van der Waals surface area contributed by atoms with Crippen LogP contribution in [0.5, 0.6) is 0 Å². The zero-order valence-electron chi connectivity index (χ0n) is 17.4. The Morgan fingerprint density at radius 1 is 1.32 bits per heavy atom. The van der Waals surface area contributed by atoms with Crippen LogP contribution in [0.2, 0.25) is 0 Å². The summed E-state index contributed by atoms with van der Waals surface area (Å²) in [5.41, 5.74) is 4.19. The Hall–Kier alpha value is -2.11. The van der Waals surface area contributed by atoms with Gasteiger partial charge < -0.3 is 9.80 Å². The molecule has 1 N–H and O–H groups in total. The topological polar surface area (TPSA) is 69.3 Å². The number of amides is 2. The Balaban J connectivity index is 1.40. The highest BCUT2D eigenvalue weighted by Crippen LogP contribution is 2.41. The van der Waals surface area contributed by atoms with E-state index in [1.807, 2.05) is 9.80 Å². The van der Waals surface area contributed by atoms with Crippen LogP contribution >= 0.6 is 0 Å². The van der Waals surface area contributed by atoms with Crippen LogP contribution in [0.4, 0.5) is 0 Å². The Morgan fingerprint density at radius 2 is 2.07 bits per heavy atom. The lowest BCUT2D eigenvalue weighted by Gasteiger charge is -2.38. The van der Waals surface area contributed by atoms with E-state index in [1.54, 1.807) is 0 Å². The van der Waals surface area contributed by atoms with Crippen molar-refractivity contribution in [1.82, 2.24) is 20.0 Å². The van der Waals surface area contributed by atoms with Gasteiger partial charge >= 0.3 is 0 Å². The van der Waals surface area contributed by atoms with Gasteiger partial charge in [0.25, 0.3) is 5.91 Å². The van der Waals surface area contributed by atoms with E-state index in [9.17, 15) is 9.59 Å². The molecular weight excluding hydrogens is 352 g/mol. The number of hydrogen-bond donors (Lipinski definition) is 1. The second-order valence-electron chi connectivity index (χ2n) is 9.40. The fourth-order valence-electron chi connectivity index (χ4n) is 4.96. The number of nitrogens with one attached hydrogen (secondary N) is 1. The first kappa shape index (κ1) is 19.2. The third kappa shape index (κ3) is 3.61. The highest BCUT2D eigenvalue weighted by molar-refractivity contribution is 5.94. The summed E-state index contributed by atoms with van der Waals surface area (Å²) in [5, 5.41) is 7.47. The minimum atomic E-state index is 0.0445. The zero-order chi connectivity index (χ0) is 19.9. The number of aromatic nitrogens is 2. The van der Waals surface area contributed by atoms with Gasteiger partial charge in [0.15, 0.2) is 5.69 Å². The highest BCUT2D eigenvalue weighted by atomic mass is 16.2. The average molecular weight is 385 g/mol. The molecule has 6 nitrogen and oxygen atoms in total. The minimum absolute atomic E-state index is 0.0445. The largest absolute Gasteiger partial charge is 0.338 e. The summed E-state index contributed by atoms with van der Waals surface area (Å²) in [6, 6.07) is 0. The van der Waals surface area contributed by atoms with Crippen molar-refractivity contribution in [2.45, 2.75) is 59.3 Å². The van der Waals surface area contributed by atoms with Gasteiger partial charge in [-0.15, -0.1) is 0 Å². The minimum Gasteiger partial charge on any atom is -0.338 e. The van der Waals surface area contributed by atoms with Crippen LogP contribution in [0.25, 0.3) is 0 Å². The second kappa shape index (κ2) is 7.37. The van der Waals surface area contributed by atoms with E-state index in [0.29, 0.717) is 24.6 Å². The smallest absolute Gasteiger partial charge is 0.274 e. The molecule has 1 atom stereocenters. The summed E-state index contributed by atoms with van der Waals surface area (Å²) in [6.45, 7) is 9.35. The third-order valence-corrected chi connectivity index (χ3v) is 6.83. The third-order valence-electron chi connectivity index (χ3n) is 6.83.